The third-order valence-electron chi connectivity index (χ3n) is 5.73. The number of aliphatic hydroxyl groups is 1. The number of benzene rings is 1. The summed E-state index contributed by atoms with van der Waals surface area (Å²) >= 11 is 0. The SMILES string of the molecule is CC[C@@]1(O)CCC[C@@H]2CN(Cc3ccc(F)c(OC)c3F)C[C@@H]21. The van der Waals surface area contributed by atoms with Crippen molar-refractivity contribution < 1.29 is 18.6 Å². The first-order valence-corrected chi connectivity index (χ1v) is 8.44. The number of likely N-dealkylation sites (tertiary alicyclic amines) is 1. The molecule has 23 heavy (non-hydrogen) atoms. The van der Waals surface area contributed by atoms with Crippen molar-refractivity contribution in [3.05, 3.63) is 29.3 Å². The van der Waals surface area contributed by atoms with Crippen LogP contribution in [0.25, 0.3) is 0 Å². The second-order valence-corrected chi connectivity index (χ2v) is 6.96. The van der Waals surface area contributed by atoms with Gasteiger partial charge in [0.25, 0.3) is 0 Å². The van der Waals surface area contributed by atoms with Crippen molar-refractivity contribution in [2.75, 3.05) is 20.2 Å². The Balaban J connectivity index is 1.76. The maximum atomic E-state index is 14.3. The number of hydrogen-bond donors (Lipinski definition) is 1. The summed E-state index contributed by atoms with van der Waals surface area (Å²) in [6.45, 7) is 4.10. The predicted molar refractivity (Wildman–Crippen MR) is 84.3 cm³/mol. The highest BCUT2D eigenvalue weighted by Crippen LogP contribution is 2.44. The number of fused-ring (bicyclic) bond motifs is 1. The van der Waals surface area contributed by atoms with E-state index in [2.05, 4.69) is 4.90 Å². The highest BCUT2D eigenvalue weighted by molar-refractivity contribution is 5.32. The highest BCUT2D eigenvalue weighted by Gasteiger charge is 2.47. The summed E-state index contributed by atoms with van der Waals surface area (Å²) in [5.41, 5.74) is -0.140. The third-order valence-corrected chi connectivity index (χ3v) is 5.73. The Bertz CT molecular complexity index is 580. The molecule has 0 unspecified atom stereocenters. The molecule has 3 atom stereocenters. The summed E-state index contributed by atoms with van der Waals surface area (Å²) in [5, 5.41) is 10.8. The van der Waals surface area contributed by atoms with Crippen LogP contribution in [-0.2, 0) is 6.54 Å². The van der Waals surface area contributed by atoms with Gasteiger partial charge in [-0.3, -0.25) is 4.90 Å². The quantitative estimate of drug-likeness (QED) is 0.921. The van der Waals surface area contributed by atoms with Crippen LogP contribution < -0.4 is 4.74 Å². The predicted octanol–water partition coefficient (Wildman–Crippen LogP) is 3.35. The average molecular weight is 325 g/mol. The molecule has 0 radical (unpaired) electrons. The molecular formula is C18H25F2NO2. The van der Waals surface area contributed by atoms with E-state index < -0.39 is 17.2 Å². The molecule has 128 valence electrons. The van der Waals surface area contributed by atoms with Gasteiger partial charge in [-0.15, -0.1) is 0 Å². The van der Waals surface area contributed by atoms with Crippen molar-refractivity contribution in [2.24, 2.45) is 11.8 Å². The Hall–Kier alpha value is -1.20. The topological polar surface area (TPSA) is 32.7 Å². The Labute approximate surface area is 136 Å². The summed E-state index contributed by atoms with van der Waals surface area (Å²) in [5.74, 6) is -0.882. The molecule has 1 aliphatic heterocycles. The van der Waals surface area contributed by atoms with E-state index in [1.165, 1.54) is 19.2 Å². The molecule has 3 rings (SSSR count). The van der Waals surface area contributed by atoms with Gasteiger partial charge in [0.05, 0.1) is 12.7 Å². The van der Waals surface area contributed by atoms with E-state index in [0.29, 0.717) is 18.0 Å². The fraction of sp³-hybridized carbons (Fsp3) is 0.667. The van der Waals surface area contributed by atoms with Crippen molar-refractivity contribution in [2.45, 2.75) is 44.8 Å². The van der Waals surface area contributed by atoms with E-state index in [1.807, 2.05) is 6.92 Å². The summed E-state index contributed by atoms with van der Waals surface area (Å²) < 4.78 is 32.7. The second-order valence-electron chi connectivity index (χ2n) is 6.96. The molecule has 2 aliphatic rings. The maximum absolute atomic E-state index is 14.3. The van der Waals surface area contributed by atoms with Crippen LogP contribution in [0.3, 0.4) is 0 Å². The standard InChI is InChI=1S/C18H25F2NO2/c1-3-18(22)8-4-5-12-9-21(11-14(12)18)10-13-6-7-15(19)17(23-2)16(13)20/h6-7,12,14,22H,3-5,8-11H2,1-2H3/t12-,14+,18-/m1/s1. The van der Waals surface area contributed by atoms with Gasteiger partial charge in [0.1, 0.15) is 0 Å². The van der Waals surface area contributed by atoms with E-state index >= 15 is 0 Å². The summed E-state index contributed by atoms with van der Waals surface area (Å²) in [7, 11) is 1.27. The fourth-order valence-electron chi connectivity index (χ4n) is 4.41. The van der Waals surface area contributed by atoms with Gasteiger partial charge in [-0.25, -0.2) is 8.78 Å². The van der Waals surface area contributed by atoms with Crippen LogP contribution in [0.5, 0.6) is 5.75 Å². The molecule has 0 aromatic heterocycles. The number of hydrogen-bond acceptors (Lipinski definition) is 3. The van der Waals surface area contributed by atoms with Crippen LogP contribution in [0.1, 0.15) is 38.2 Å². The zero-order valence-electron chi connectivity index (χ0n) is 13.8. The molecule has 1 saturated carbocycles. The summed E-state index contributed by atoms with van der Waals surface area (Å²) in [6.07, 6.45) is 3.80. The molecule has 0 spiro atoms. The van der Waals surface area contributed by atoms with Crippen molar-refractivity contribution >= 4 is 0 Å². The van der Waals surface area contributed by atoms with Crippen molar-refractivity contribution in [3.63, 3.8) is 0 Å². The van der Waals surface area contributed by atoms with Crippen molar-refractivity contribution in [1.82, 2.24) is 4.90 Å². The molecular weight excluding hydrogens is 300 g/mol. The number of rotatable bonds is 4. The number of nitrogens with zero attached hydrogens (tertiary/aromatic N) is 1. The van der Waals surface area contributed by atoms with Gasteiger partial charge in [0, 0.05) is 31.1 Å². The monoisotopic (exact) mass is 325 g/mol. The Kier molecular flexibility index (Phi) is 4.61. The van der Waals surface area contributed by atoms with Crippen LogP contribution in [0.15, 0.2) is 12.1 Å². The maximum Gasteiger partial charge on any atom is 0.190 e. The minimum absolute atomic E-state index is 0.256. The van der Waals surface area contributed by atoms with Gasteiger partial charge >= 0.3 is 0 Å². The molecule has 0 bridgehead atoms. The minimum atomic E-state index is -0.677. The van der Waals surface area contributed by atoms with Gasteiger partial charge in [0.2, 0.25) is 0 Å². The van der Waals surface area contributed by atoms with E-state index in [0.717, 1.165) is 38.8 Å². The van der Waals surface area contributed by atoms with Gasteiger partial charge in [-0.1, -0.05) is 19.4 Å². The van der Waals surface area contributed by atoms with Crippen LogP contribution in [0, 0.1) is 23.5 Å². The summed E-state index contributed by atoms with van der Waals surface area (Å²) in [6, 6.07) is 2.74. The van der Waals surface area contributed by atoms with Crippen LogP contribution in [-0.4, -0.2) is 35.8 Å². The zero-order chi connectivity index (χ0) is 16.6. The Morgan fingerprint density at radius 1 is 1.35 bits per heavy atom. The third kappa shape index (κ3) is 2.96. The highest BCUT2D eigenvalue weighted by atomic mass is 19.1. The van der Waals surface area contributed by atoms with Crippen LogP contribution in [0.2, 0.25) is 0 Å². The number of ether oxygens (including phenoxy) is 1. The normalized spacial score (nSPS) is 31.2. The van der Waals surface area contributed by atoms with E-state index in [4.69, 9.17) is 4.74 Å². The number of halogens is 2. The molecule has 2 fully saturated rings. The lowest BCUT2D eigenvalue weighted by Gasteiger charge is -2.40. The molecule has 1 aliphatic carbocycles. The average Bonchev–Trinajstić information content (AvgIpc) is 2.95. The van der Waals surface area contributed by atoms with E-state index in [1.54, 1.807) is 0 Å². The number of methoxy groups -OCH3 is 1. The fourth-order valence-corrected chi connectivity index (χ4v) is 4.41. The van der Waals surface area contributed by atoms with Gasteiger partial charge < -0.3 is 9.84 Å². The molecule has 3 nitrogen and oxygen atoms in total. The van der Waals surface area contributed by atoms with Crippen LogP contribution in [0.4, 0.5) is 8.78 Å². The first-order chi connectivity index (χ1) is 11.0. The smallest absolute Gasteiger partial charge is 0.190 e. The molecule has 1 heterocycles. The first-order valence-electron chi connectivity index (χ1n) is 8.44. The van der Waals surface area contributed by atoms with Gasteiger partial charge in [0.15, 0.2) is 17.4 Å². The molecule has 5 heteroatoms. The molecule has 1 aromatic rings. The Morgan fingerprint density at radius 3 is 2.83 bits per heavy atom. The zero-order valence-corrected chi connectivity index (χ0v) is 13.8. The largest absolute Gasteiger partial charge is 0.491 e. The molecule has 1 aromatic carbocycles. The Morgan fingerprint density at radius 2 is 2.13 bits per heavy atom. The van der Waals surface area contributed by atoms with Gasteiger partial charge in [-0.2, -0.15) is 0 Å². The van der Waals surface area contributed by atoms with E-state index in [-0.39, 0.29) is 11.7 Å². The first kappa shape index (κ1) is 16.7. The lowest BCUT2D eigenvalue weighted by atomic mass is 9.69. The van der Waals surface area contributed by atoms with Gasteiger partial charge in [-0.05, 0) is 31.2 Å². The van der Waals surface area contributed by atoms with Crippen molar-refractivity contribution in [3.8, 4) is 5.75 Å². The van der Waals surface area contributed by atoms with Crippen LogP contribution >= 0.6 is 0 Å². The lowest BCUT2D eigenvalue weighted by Crippen LogP contribution is -2.44. The summed E-state index contributed by atoms with van der Waals surface area (Å²) in [4.78, 5) is 2.18. The van der Waals surface area contributed by atoms with Crippen molar-refractivity contribution in [1.29, 1.82) is 0 Å². The molecule has 0 amide bonds. The minimum Gasteiger partial charge on any atom is -0.491 e. The molecule has 1 saturated heterocycles. The van der Waals surface area contributed by atoms with E-state index in [9.17, 15) is 13.9 Å². The molecule has 1 N–H and O–H groups in total. The second kappa shape index (κ2) is 6.36. The lowest BCUT2D eigenvalue weighted by molar-refractivity contribution is -0.0613.